The maximum atomic E-state index is 9.58. The molecule has 94 valence electrons. The van der Waals surface area contributed by atoms with Gasteiger partial charge in [0.15, 0.2) is 0 Å². The second-order valence-electron chi connectivity index (χ2n) is 5.23. The van der Waals surface area contributed by atoms with Crippen LogP contribution in [-0.2, 0) is 0 Å². The Kier molecular flexibility index (Phi) is 3.69. The third-order valence-corrected chi connectivity index (χ3v) is 3.01. The van der Waals surface area contributed by atoms with E-state index in [0.717, 1.165) is 38.4 Å². The van der Waals surface area contributed by atoms with Gasteiger partial charge in [-0.3, -0.25) is 4.90 Å². The summed E-state index contributed by atoms with van der Waals surface area (Å²) in [4.78, 5) is 2.25. The Labute approximate surface area is 103 Å². The van der Waals surface area contributed by atoms with E-state index in [4.69, 9.17) is 4.74 Å². The monoisotopic (exact) mass is 235 g/mol. The Morgan fingerprint density at radius 1 is 1.41 bits per heavy atom. The van der Waals surface area contributed by atoms with E-state index in [2.05, 4.69) is 24.0 Å². The van der Waals surface area contributed by atoms with Crippen LogP contribution in [0, 0.1) is 6.92 Å². The summed E-state index contributed by atoms with van der Waals surface area (Å²) in [5, 5.41) is 9.58. The van der Waals surface area contributed by atoms with Crippen LogP contribution in [0.3, 0.4) is 0 Å². The Bertz CT molecular complexity index is 368. The van der Waals surface area contributed by atoms with E-state index >= 15 is 0 Å². The van der Waals surface area contributed by atoms with Gasteiger partial charge in [0.1, 0.15) is 5.75 Å². The molecule has 1 fully saturated rings. The van der Waals surface area contributed by atoms with Crippen molar-refractivity contribution >= 4 is 0 Å². The molecule has 0 radical (unpaired) electrons. The minimum Gasteiger partial charge on any atom is -0.494 e. The SMILES string of the molecule is Cc1cccc(OCCCN2CC(C)(O)C2)c1. The number of likely N-dealkylation sites (tertiary alicyclic amines) is 1. The molecule has 0 aliphatic carbocycles. The number of aliphatic hydroxyl groups is 1. The molecule has 1 saturated heterocycles. The molecule has 0 spiro atoms. The highest BCUT2D eigenvalue weighted by Crippen LogP contribution is 2.19. The molecule has 3 nitrogen and oxygen atoms in total. The highest BCUT2D eigenvalue weighted by Gasteiger charge is 2.35. The van der Waals surface area contributed by atoms with Crippen LogP contribution in [0.15, 0.2) is 24.3 Å². The van der Waals surface area contributed by atoms with Gasteiger partial charge in [-0.15, -0.1) is 0 Å². The van der Waals surface area contributed by atoms with Gasteiger partial charge < -0.3 is 9.84 Å². The topological polar surface area (TPSA) is 32.7 Å². The fourth-order valence-electron chi connectivity index (χ4n) is 2.26. The molecule has 0 saturated carbocycles. The maximum Gasteiger partial charge on any atom is 0.119 e. The van der Waals surface area contributed by atoms with E-state index in [1.807, 2.05) is 19.1 Å². The number of hydrogen-bond acceptors (Lipinski definition) is 3. The molecular formula is C14H21NO2. The second-order valence-corrected chi connectivity index (χ2v) is 5.23. The molecule has 0 atom stereocenters. The normalized spacial score (nSPS) is 18.8. The van der Waals surface area contributed by atoms with Crippen molar-refractivity contribution in [1.82, 2.24) is 4.90 Å². The van der Waals surface area contributed by atoms with Crippen LogP contribution in [0.25, 0.3) is 0 Å². The average molecular weight is 235 g/mol. The van der Waals surface area contributed by atoms with Crippen molar-refractivity contribution in [2.75, 3.05) is 26.2 Å². The van der Waals surface area contributed by atoms with Crippen LogP contribution in [-0.4, -0.2) is 41.8 Å². The second kappa shape index (κ2) is 5.07. The fraction of sp³-hybridized carbons (Fsp3) is 0.571. The molecule has 1 aromatic rings. The van der Waals surface area contributed by atoms with Crippen LogP contribution < -0.4 is 4.74 Å². The molecule has 1 aliphatic heterocycles. The molecule has 0 aromatic heterocycles. The van der Waals surface area contributed by atoms with Gasteiger partial charge in [0.2, 0.25) is 0 Å². The van der Waals surface area contributed by atoms with E-state index in [1.54, 1.807) is 0 Å². The molecule has 1 heterocycles. The quantitative estimate of drug-likeness (QED) is 0.790. The van der Waals surface area contributed by atoms with E-state index in [1.165, 1.54) is 5.56 Å². The van der Waals surface area contributed by atoms with Gasteiger partial charge in [-0.25, -0.2) is 0 Å². The van der Waals surface area contributed by atoms with Crippen LogP contribution in [0.5, 0.6) is 5.75 Å². The largest absolute Gasteiger partial charge is 0.494 e. The molecule has 0 bridgehead atoms. The van der Waals surface area contributed by atoms with Crippen molar-refractivity contribution in [2.24, 2.45) is 0 Å². The van der Waals surface area contributed by atoms with Crippen molar-refractivity contribution in [1.29, 1.82) is 0 Å². The number of ether oxygens (including phenoxy) is 1. The van der Waals surface area contributed by atoms with E-state index in [0.29, 0.717) is 0 Å². The summed E-state index contributed by atoms with van der Waals surface area (Å²) in [5.74, 6) is 0.945. The first kappa shape index (κ1) is 12.4. The Balaban J connectivity index is 1.61. The molecule has 1 aromatic carbocycles. The summed E-state index contributed by atoms with van der Waals surface area (Å²) in [6.07, 6.45) is 1.00. The summed E-state index contributed by atoms with van der Waals surface area (Å²) in [6, 6.07) is 8.11. The van der Waals surface area contributed by atoms with Crippen molar-refractivity contribution < 1.29 is 9.84 Å². The minimum atomic E-state index is -0.461. The standard InChI is InChI=1S/C14H21NO2/c1-12-5-3-6-13(9-12)17-8-4-7-15-10-14(2,16)11-15/h3,5-6,9,16H,4,7-8,10-11H2,1-2H3. The Morgan fingerprint density at radius 3 is 2.82 bits per heavy atom. The molecule has 0 unspecified atom stereocenters. The van der Waals surface area contributed by atoms with Crippen LogP contribution in [0.4, 0.5) is 0 Å². The van der Waals surface area contributed by atoms with Crippen molar-refractivity contribution in [3.8, 4) is 5.75 Å². The van der Waals surface area contributed by atoms with E-state index in [-0.39, 0.29) is 0 Å². The predicted octanol–water partition coefficient (Wildman–Crippen LogP) is 1.83. The first-order valence-corrected chi connectivity index (χ1v) is 6.19. The third-order valence-electron chi connectivity index (χ3n) is 3.01. The lowest BCUT2D eigenvalue weighted by Crippen LogP contribution is -2.59. The molecule has 1 aliphatic rings. The van der Waals surface area contributed by atoms with Crippen molar-refractivity contribution in [2.45, 2.75) is 25.9 Å². The molecular weight excluding hydrogens is 214 g/mol. The molecule has 1 N–H and O–H groups in total. The maximum absolute atomic E-state index is 9.58. The summed E-state index contributed by atoms with van der Waals surface area (Å²) in [6.45, 7) is 7.26. The number of hydrogen-bond donors (Lipinski definition) is 1. The summed E-state index contributed by atoms with van der Waals surface area (Å²) in [5.41, 5.74) is 0.763. The van der Waals surface area contributed by atoms with Gasteiger partial charge in [0.25, 0.3) is 0 Å². The first-order valence-electron chi connectivity index (χ1n) is 6.19. The van der Waals surface area contributed by atoms with Crippen LogP contribution in [0.2, 0.25) is 0 Å². The van der Waals surface area contributed by atoms with Crippen molar-refractivity contribution in [3.63, 3.8) is 0 Å². The van der Waals surface area contributed by atoms with E-state index < -0.39 is 5.60 Å². The zero-order valence-corrected chi connectivity index (χ0v) is 10.6. The highest BCUT2D eigenvalue weighted by molar-refractivity contribution is 5.27. The summed E-state index contributed by atoms with van der Waals surface area (Å²) < 4.78 is 5.67. The van der Waals surface area contributed by atoms with Gasteiger partial charge in [0.05, 0.1) is 12.2 Å². The first-order chi connectivity index (χ1) is 8.05. The van der Waals surface area contributed by atoms with Gasteiger partial charge in [-0.05, 0) is 38.0 Å². The highest BCUT2D eigenvalue weighted by atomic mass is 16.5. The Hall–Kier alpha value is -1.06. The number of aryl methyl sites for hydroxylation is 1. The average Bonchev–Trinajstić information content (AvgIpc) is 2.21. The van der Waals surface area contributed by atoms with Crippen LogP contribution in [0.1, 0.15) is 18.9 Å². The van der Waals surface area contributed by atoms with Gasteiger partial charge in [-0.2, -0.15) is 0 Å². The molecule has 2 rings (SSSR count). The predicted molar refractivity (Wildman–Crippen MR) is 68.4 cm³/mol. The Morgan fingerprint density at radius 2 is 2.18 bits per heavy atom. The lowest BCUT2D eigenvalue weighted by molar-refractivity contribution is -0.0840. The zero-order valence-electron chi connectivity index (χ0n) is 10.6. The zero-order chi connectivity index (χ0) is 12.3. The third kappa shape index (κ3) is 3.72. The van der Waals surface area contributed by atoms with Crippen molar-refractivity contribution in [3.05, 3.63) is 29.8 Å². The number of nitrogens with zero attached hydrogens (tertiary/aromatic N) is 1. The van der Waals surface area contributed by atoms with Crippen LogP contribution >= 0.6 is 0 Å². The van der Waals surface area contributed by atoms with Gasteiger partial charge in [-0.1, -0.05) is 12.1 Å². The van der Waals surface area contributed by atoms with Gasteiger partial charge >= 0.3 is 0 Å². The fourth-order valence-corrected chi connectivity index (χ4v) is 2.26. The molecule has 0 amide bonds. The number of β-amino-alcohol motifs (C(OH)–C–C–N with tert-alkyl or cyclic N) is 1. The number of benzene rings is 1. The summed E-state index contributed by atoms with van der Waals surface area (Å²) >= 11 is 0. The number of rotatable bonds is 5. The lowest BCUT2D eigenvalue weighted by Gasteiger charge is -2.44. The van der Waals surface area contributed by atoms with E-state index in [9.17, 15) is 5.11 Å². The smallest absolute Gasteiger partial charge is 0.119 e. The minimum absolute atomic E-state index is 0.461. The molecule has 3 heteroatoms. The molecule has 17 heavy (non-hydrogen) atoms. The summed E-state index contributed by atoms with van der Waals surface area (Å²) in [7, 11) is 0. The van der Waals surface area contributed by atoms with Gasteiger partial charge in [0, 0.05) is 19.6 Å². The lowest BCUT2D eigenvalue weighted by atomic mass is 9.97.